The average Bonchev–Trinajstić information content (AvgIpc) is 3.03. The highest BCUT2D eigenvalue weighted by Gasteiger charge is 2.32. The molecule has 0 unspecified atom stereocenters. The topological polar surface area (TPSA) is 150 Å². The van der Waals surface area contributed by atoms with Gasteiger partial charge in [-0.2, -0.15) is 0 Å². The molecule has 12 nitrogen and oxygen atoms in total. The number of ether oxygens (including phenoxy) is 1. The number of aromatic nitrogens is 1. The maximum Gasteiger partial charge on any atom is 0.253 e. The number of pyridine rings is 1. The molecule has 45 heavy (non-hydrogen) atoms. The Bertz CT molecular complexity index is 1300. The first-order valence-corrected chi connectivity index (χ1v) is 15.5. The molecule has 12 heteroatoms. The lowest BCUT2D eigenvalue weighted by molar-refractivity contribution is -0.141. The number of carbonyl (C=O) groups is 5. The van der Waals surface area contributed by atoms with Crippen molar-refractivity contribution in [2.24, 2.45) is 5.92 Å². The Balaban J connectivity index is 1.86. The van der Waals surface area contributed by atoms with Gasteiger partial charge in [-0.15, -0.1) is 0 Å². The highest BCUT2D eigenvalue weighted by atomic mass is 16.5. The van der Waals surface area contributed by atoms with Crippen molar-refractivity contribution in [3.8, 4) is 5.75 Å². The van der Waals surface area contributed by atoms with Crippen molar-refractivity contribution in [1.29, 1.82) is 0 Å². The van der Waals surface area contributed by atoms with Crippen molar-refractivity contribution in [2.45, 2.75) is 71.0 Å². The van der Waals surface area contributed by atoms with Crippen LogP contribution in [0.4, 0.5) is 0 Å². The van der Waals surface area contributed by atoms with E-state index in [2.05, 4.69) is 20.9 Å². The number of likely N-dealkylation sites (N-methyl/N-ethyl adjacent to an activating group) is 1. The summed E-state index contributed by atoms with van der Waals surface area (Å²) in [5.41, 5.74) is 1.27. The monoisotopic (exact) mass is 622 g/mol. The molecular formula is C33H46N6O6. The minimum atomic E-state index is -0.982. The van der Waals surface area contributed by atoms with E-state index in [9.17, 15) is 24.0 Å². The third-order valence-corrected chi connectivity index (χ3v) is 7.83. The zero-order valence-electron chi connectivity index (χ0n) is 26.9. The standard InChI is InChI=1S/C33H46N6O6/c1-22(2)20-27-31(42)37-28(21-24-9-11-26(45-5)12-10-24)33(44)38(4)23(3)30(41)35-15-7-19-39(18-6-8-29(40)36-27)32(43)25-13-16-34-17-14-25/h9-14,16-17,22-23,27-28H,6-8,15,18-21H2,1-5H3,(H,35,41)(H,36,40)(H,37,42)/t23-,27+,28-/m0/s1. The second-order valence-electron chi connectivity index (χ2n) is 11.8. The minimum absolute atomic E-state index is 0.0783. The molecule has 3 atom stereocenters. The van der Waals surface area contributed by atoms with E-state index >= 15 is 0 Å². The lowest BCUT2D eigenvalue weighted by Gasteiger charge is -2.30. The number of rotatable bonds is 6. The number of nitrogens with one attached hydrogen (secondary N) is 3. The SMILES string of the molecule is COc1ccc(C[C@@H]2NC(=O)[C@@H](CC(C)C)NC(=O)CCCN(C(=O)c3ccncc3)CCCNC(=O)[C@H](C)N(C)C2=O)cc1. The molecule has 3 rings (SSSR count). The third-order valence-electron chi connectivity index (χ3n) is 7.83. The zero-order chi connectivity index (χ0) is 32.9. The van der Waals surface area contributed by atoms with Crippen molar-refractivity contribution in [3.05, 3.63) is 59.9 Å². The van der Waals surface area contributed by atoms with E-state index in [-0.39, 0.29) is 43.0 Å². The van der Waals surface area contributed by atoms with Crippen LogP contribution in [-0.4, -0.2) is 96.2 Å². The number of hydrogen-bond donors (Lipinski definition) is 3. The average molecular weight is 623 g/mol. The Morgan fingerprint density at radius 2 is 1.62 bits per heavy atom. The lowest BCUT2D eigenvalue weighted by Crippen LogP contribution is -2.57. The summed E-state index contributed by atoms with van der Waals surface area (Å²) in [6.45, 7) is 6.48. The maximum absolute atomic E-state index is 13.8. The molecule has 2 heterocycles. The van der Waals surface area contributed by atoms with Gasteiger partial charge < -0.3 is 30.5 Å². The summed E-state index contributed by atoms with van der Waals surface area (Å²) >= 11 is 0. The Morgan fingerprint density at radius 3 is 2.27 bits per heavy atom. The molecular weight excluding hydrogens is 576 g/mol. The van der Waals surface area contributed by atoms with Gasteiger partial charge in [0.15, 0.2) is 0 Å². The van der Waals surface area contributed by atoms with E-state index < -0.39 is 29.9 Å². The van der Waals surface area contributed by atoms with E-state index in [0.717, 1.165) is 5.56 Å². The van der Waals surface area contributed by atoms with Crippen LogP contribution in [-0.2, 0) is 25.6 Å². The van der Waals surface area contributed by atoms with E-state index in [1.54, 1.807) is 55.6 Å². The van der Waals surface area contributed by atoms with Crippen LogP contribution in [0.15, 0.2) is 48.8 Å². The van der Waals surface area contributed by atoms with E-state index in [1.807, 2.05) is 26.0 Å². The Kier molecular flexibility index (Phi) is 13.3. The van der Waals surface area contributed by atoms with Crippen molar-refractivity contribution < 1.29 is 28.7 Å². The first-order chi connectivity index (χ1) is 21.5. The van der Waals surface area contributed by atoms with Gasteiger partial charge in [0.05, 0.1) is 7.11 Å². The van der Waals surface area contributed by atoms with Crippen LogP contribution in [0.1, 0.15) is 62.4 Å². The second kappa shape index (κ2) is 17.1. The van der Waals surface area contributed by atoms with Gasteiger partial charge in [0, 0.05) is 57.5 Å². The molecule has 1 aromatic carbocycles. The molecule has 0 saturated carbocycles. The molecule has 1 aromatic heterocycles. The van der Waals surface area contributed by atoms with E-state index in [4.69, 9.17) is 4.74 Å². The van der Waals surface area contributed by atoms with Crippen LogP contribution in [0.25, 0.3) is 0 Å². The van der Waals surface area contributed by atoms with Crippen molar-refractivity contribution in [3.63, 3.8) is 0 Å². The number of methoxy groups -OCH3 is 1. The molecule has 0 spiro atoms. The molecule has 2 aromatic rings. The van der Waals surface area contributed by atoms with Gasteiger partial charge >= 0.3 is 0 Å². The number of nitrogens with zero attached hydrogens (tertiary/aromatic N) is 3. The van der Waals surface area contributed by atoms with Gasteiger partial charge in [0.25, 0.3) is 5.91 Å². The minimum Gasteiger partial charge on any atom is -0.497 e. The van der Waals surface area contributed by atoms with Crippen molar-refractivity contribution in [1.82, 2.24) is 30.7 Å². The van der Waals surface area contributed by atoms with Crippen molar-refractivity contribution in [2.75, 3.05) is 33.8 Å². The zero-order valence-corrected chi connectivity index (χ0v) is 26.9. The molecule has 244 valence electrons. The molecule has 1 aliphatic rings. The number of amides is 5. The van der Waals surface area contributed by atoms with Crippen LogP contribution in [0.5, 0.6) is 5.75 Å². The third kappa shape index (κ3) is 10.6. The Labute approximate surface area is 265 Å². The second-order valence-corrected chi connectivity index (χ2v) is 11.8. The highest BCUT2D eigenvalue weighted by Crippen LogP contribution is 2.15. The van der Waals surface area contributed by atoms with Gasteiger partial charge in [0.2, 0.25) is 23.6 Å². The molecule has 1 aliphatic heterocycles. The van der Waals surface area contributed by atoms with Crippen LogP contribution in [0, 0.1) is 5.92 Å². The normalized spacial score (nSPS) is 21.3. The summed E-state index contributed by atoms with van der Waals surface area (Å²) in [6, 6.07) is 7.76. The molecule has 0 bridgehead atoms. The fourth-order valence-electron chi connectivity index (χ4n) is 5.10. The van der Waals surface area contributed by atoms with Crippen LogP contribution in [0.3, 0.4) is 0 Å². The fraction of sp³-hybridized carbons (Fsp3) is 0.515. The van der Waals surface area contributed by atoms with Crippen LogP contribution >= 0.6 is 0 Å². The van der Waals surface area contributed by atoms with Gasteiger partial charge in [0.1, 0.15) is 23.9 Å². The van der Waals surface area contributed by atoms with Gasteiger partial charge in [-0.1, -0.05) is 26.0 Å². The largest absolute Gasteiger partial charge is 0.497 e. The Hall–Kier alpha value is -4.48. The summed E-state index contributed by atoms with van der Waals surface area (Å²) in [5, 5.41) is 8.58. The summed E-state index contributed by atoms with van der Waals surface area (Å²) in [5.74, 6) is -1.04. The first kappa shape index (κ1) is 35.0. The Morgan fingerprint density at radius 1 is 0.956 bits per heavy atom. The molecule has 0 radical (unpaired) electrons. The molecule has 3 N–H and O–H groups in total. The summed E-state index contributed by atoms with van der Waals surface area (Å²) in [7, 11) is 3.09. The molecule has 0 aliphatic carbocycles. The quantitative estimate of drug-likeness (QED) is 0.446. The van der Waals surface area contributed by atoms with Crippen LogP contribution < -0.4 is 20.7 Å². The summed E-state index contributed by atoms with van der Waals surface area (Å²) in [6.07, 6.45) is 4.59. The van der Waals surface area contributed by atoms with Gasteiger partial charge in [-0.3, -0.25) is 29.0 Å². The maximum atomic E-state index is 13.8. The summed E-state index contributed by atoms with van der Waals surface area (Å²) in [4.78, 5) is 73.7. The van der Waals surface area contributed by atoms with E-state index in [1.165, 1.54) is 11.9 Å². The lowest BCUT2D eigenvalue weighted by atomic mass is 10.00. The predicted molar refractivity (Wildman–Crippen MR) is 169 cm³/mol. The first-order valence-electron chi connectivity index (χ1n) is 15.5. The smallest absolute Gasteiger partial charge is 0.253 e. The molecule has 1 fully saturated rings. The van der Waals surface area contributed by atoms with Crippen LogP contribution in [0.2, 0.25) is 0 Å². The molecule has 1 saturated heterocycles. The fourth-order valence-corrected chi connectivity index (χ4v) is 5.10. The van der Waals surface area contributed by atoms with E-state index in [0.29, 0.717) is 43.7 Å². The van der Waals surface area contributed by atoms with Crippen molar-refractivity contribution >= 4 is 29.5 Å². The number of hydrogen-bond acceptors (Lipinski definition) is 7. The van der Waals surface area contributed by atoms with Gasteiger partial charge in [-0.05, 0) is 61.9 Å². The molecule has 5 amide bonds. The van der Waals surface area contributed by atoms with Gasteiger partial charge in [-0.25, -0.2) is 0 Å². The predicted octanol–water partition coefficient (Wildman–Crippen LogP) is 1.94. The number of benzene rings is 1. The highest BCUT2D eigenvalue weighted by molar-refractivity contribution is 5.95. The summed E-state index contributed by atoms with van der Waals surface area (Å²) < 4.78 is 5.24. The number of carbonyl (C=O) groups excluding carboxylic acids is 5.